The molecule has 1 amide bonds. The van der Waals surface area contributed by atoms with Crippen LogP contribution in [0.15, 0.2) is 11.0 Å². The third-order valence-corrected chi connectivity index (χ3v) is 2.90. The van der Waals surface area contributed by atoms with E-state index in [0.717, 1.165) is 6.42 Å². The first kappa shape index (κ1) is 15.5. The molecule has 1 aromatic rings. The molecular weight excluding hydrogens is 268 g/mol. The van der Waals surface area contributed by atoms with Crippen LogP contribution in [-0.2, 0) is 11.3 Å². The van der Waals surface area contributed by atoms with Crippen molar-refractivity contribution < 1.29 is 4.79 Å². The second kappa shape index (κ2) is 7.13. The van der Waals surface area contributed by atoms with Gasteiger partial charge in [0.05, 0.1) is 11.9 Å². The molecular formula is C12H19ClN4O2. The Labute approximate surface area is 117 Å². The van der Waals surface area contributed by atoms with Crippen LogP contribution in [0, 0.1) is 0 Å². The van der Waals surface area contributed by atoms with Crippen LogP contribution in [0.4, 0.5) is 5.69 Å². The lowest BCUT2D eigenvalue weighted by atomic mass is 10.3. The maximum absolute atomic E-state index is 11.9. The molecule has 0 aliphatic rings. The van der Waals surface area contributed by atoms with Gasteiger partial charge in [-0.05, 0) is 20.3 Å². The van der Waals surface area contributed by atoms with Crippen LogP contribution in [0.5, 0.6) is 0 Å². The van der Waals surface area contributed by atoms with Gasteiger partial charge < -0.3 is 10.6 Å². The van der Waals surface area contributed by atoms with E-state index in [9.17, 15) is 9.59 Å². The van der Waals surface area contributed by atoms with Crippen LogP contribution < -0.4 is 16.2 Å². The van der Waals surface area contributed by atoms with Crippen molar-refractivity contribution in [2.75, 3.05) is 11.9 Å². The fourth-order valence-electron chi connectivity index (χ4n) is 1.56. The van der Waals surface area contributed by atoms with Crippen LogP contribution in [0.1, 0.15) is 27.2 Å². The Bertz CT molecular complexity index is 501. The summed E-state index contributed by atoms with van der Waals surface area (Å²) in [5.74, 6) is -0.156. The molecule has 7 heteroatoms. The lowest BCUT2D eigenvalue weighted by Crippen LogP contribution is -2.38. The highest BCUT2D eigenvalue weighted by Gasteiger charge is 2.15. The number of aromatic nitrogens is 2. The van der Waals surface area contributed by atoms with Crippen LogP contribution in [0.2, 0.25) is 5.02 Å². The van der Waals surface area contributed by atoms with E-state index in [4.69, 9.17) is 11.6 Å². The zero-order valence-electron chi connectivity index (χ0n) is 11.4. The van der Waals surface area contributed by atoms with Gasteiger partial charge in [0.15, 0.2) is 0 Å². The summed E-state index contributed by atoms with van der Waals surface area (Å²) >= 11 is 5.99. The highest BCUT2D eigenvalue weighted by Crippen LogP contribution is 2.16. The summed E-state index contributed by atoms with van der Waals surface area (Å²) in [4.78, 5) is 23.5. The predicted molar refractivity (Wildman–Crippen MR) is 75.6 cm³/mol. The average Bonchev–Trinajstić information content (AvgIpc) is 2.38. The molecule has 1 aromatic heterocycles. The van der Waals surface area contributed by atoms with Gasteiger partial charge in [0.2, 0.25) is 5.91 Å². The summed E-state index contributed by atoms with van der Waals surface area (Å²) < 4.78 is 1.31. The number of carbonyl (C=O) groups is 1. The molecule has 106 valence electrons. The van der Waals surface area contributed by atoms with Gasteiger partial charge >= 0.3 is 0 Å². The third-order valence-electron chi connectivity index (χ3n) is 2.54. The molecule has 6 nitrogen and oxygen atoms in total. The van der Waals surface area contributed by atoms with Gasteiger partial charge in [0.1, 0.15) is 11.1 Å². The summed E-state index contributed by atoms with van der Waals surface area (Å²) in [6.45, 7) is 6.55. The monoisotopic (exact) mass is 286 g/mol. The van der Waals surface area contributed by atoms with Crippen molar-refractivity contribution in [1.29, 1.82) is 0 Å². The molecule has 0 saturated carbocycles. The molecule has 1 unspecified atom stereocenters. The Kier molecular flexibility index (Phi) is 5.82. The fourth-order valence-corrected chi connectivity index (χ4v) is 1.76. The Morgan fingerprint density at radius 2 is 2.21 bits per heavy atom. The van der Waals surface area contributed by atoms with Crippen molar-refractivity contribution in [3.8, 4) is 0 Å². The zero-order valence-corrected chi connectivity index (χ0v) is 12.1. The normalized spacial score (nSPS) is 12.0. The molecule has 1 rings (SSSR count). The second-order valence-corrected chi connectivity index (χ2v) is 4.54. The molecule has 0 saturated heterocycles. The molecule has 0 radical (unpaired) electrons. The number of amides is 1. The van der Waals surface area contributed by atoms with Gasteiger partial charge in [-0.2, -0.15) is 5.10 Å². The van der Waals surface area contributed by atoms with Gasteiger partial charge in [-0.3, -0.25) is 9.59 Å². The smallest absolute Gasteiger partial charge is 0.287 e. The fraction of sp³-hybridized carbons (Fsp3) is 0.583. The number of nitrogens with zero attached hydrogens (tertiary/aromatic N) is 2. The van der Waals surface area contributed by atoms with Crippen molar-refractivity contribution >= 4 is 23.2 Å². The Morgan fingerprint density at radius 3 is 2.79 bits per heavy atom. The summed E-state index contributed by atoms with van der Waals surface area (Å²) in [6, 6.07) is -0.485. The number of aryl methyl sites for hydroxylation is 1. The molecule has 0 bridgehead atoms. The highest BCUT2D eigenvalue weighted by molar-refractivity contribution is 6.33. The van der Waals surface area contributed by atoms with Crippen molar-refractivity contribution in [3.63, 3.8) is 0 Å². The van der Waals surface area contributed by atoms with E-state index in [2.05, 4.69) is 15.7 Å². The van der Waals surface area contributed by atoms with Crippen LogP contribution >= 0.6 is 11.6 Å². The second-order valence-electron chi connectivity index (χ2n) is 4.16. The summed E-state index contributed by atoms with van der Waals surface area (Å²) in [7, 11) is 0. The SMILES string of the molecule is CCCn1ncc(NC(C)C(=O)NCC)c(Cl)c1=O. The Balaban J connectivity index is 2.88. The number of anilines is 1. The van der Waals surface area contributed by atoms with E-state index in [1.807, 2.05) is 13.8 Å². The van der Waals surface area contributed by atoms with E-state index < -0.39 is 6.04 Å². The van der Waals surface area contributed by atoms with Crippen LogP contribution in [0.25, 0.3) is 0 Å². The van der Waals surface area contributed by atoms with E-state index in [0.29, 0.717) is 18.8 Å². The number of rotatable bonds is 6. The quantitative estimate of drug-likeness (QED) is 0.825. The molecule has 19 heavy (non-hydrogen) atoms. The van der Waals surface area contributed by atoms with Gasteiger partial charge in [0, 0.05) is 13.1 Å². The maximum atomic E-state index is 11.9. The Morgan fingerprint density at radius 1 is 1.53 bits per heavy atom. The van der Waals surface area contributed by atoms with Crippen molar-refractivity contribution in [2.24, 2.45) is 0 Å². The molecule has 0 fully saturated rings. The number of nitrogens with one attached hydrogen (secondary N) is 2. The summed E-state index contributed by atoms with van der Waals surface area (Å²) in [5.41, 5.74) is 0.0226. The first-order chi connectivity index (χ1) is 9.01. The standard InChI is InChI=1S/C12H19ClN4O2/c1-4-6-17-12(19)10(13)9(7-15-17)16-8(3)11(18)14-5-2/h7-8,16H,4-6H2,1-3H3,(H,14,18). The highest BCUT2D eigenvalue weighted by atomic mass is 35.5. The number of carbonyl (C=O) groups excluding carboxylic acids is 1. The number of likely N-dealkylation sites (N-methyl/N-ethyl adjacent to an activating group) is 1. The topological polar surface area (TPSA) is 76.0 Å². The largest absolute Gasteiger partial charge is 0.371 e. The van der Waals surface area contributed by atoms with Crippen LogP contribution in [-0.4, -0.2) is 28.3 Å². The summed E-state index contributed by atoms with van der Waals surface area (Å²) in [5, 5.41) is 9.64. The molecule has 0 aliphatic heterocycles. The van der Waals surface area contributed by atoms with E-state index in [1.165, 1.54) is 10.9 Å². The minimum Gasteiger partial charge on any atom is -0.371 e. The van der Waals surface area contributed by atoms with Crippen molar-refractivity contribution in [1.82, 2.24) is 15.1 Å². The molecule has 1 heterocycles. The van der Waals surface area contributed by atoms with Crippen LogP contribution in [0.3, 0.4) is 0 Å². The minimum atomic E-state index is -0.485. The Hall–Kier alpha value is -1.56. The third kappa shape index (κ3) is 3.96. The van der Waals surface area contributed by atoms with Gasteiger partial charge in [-0.25, -0.2) is 4.68 Å². The minimum absolute atomic E-state index is 0.0552. The molecule has 0 spiro atoms. The van der Waals surface area contributed by atoms with E-state index in [1.54, 1.807) is 6.92 Å². The van der Waals surface area contributed by atoms with E-state index in [-0.39, 0.29) is 16.5 Å². The first-order valence-electron chi connectivity index (χ1n) is 6.31. The number of hydrogen-bond acceptors (Lipinski definition) is 4. The first-order valence-corrected chi connectivity index (χ1v) is 6.68. The van der Waals surface area contributed by atoms with Gasteiger partial charge in [-0.15, -0.1) is 0 Å². The van der Waals surface area contributed by atoms with Crippen molar-refractivity contribution in [2.45, 2.75) is 39.8 Å². The molecule has 2 N–H and O–H groups in total. The summed E-state index contributed by atoms with van der Waals surface area (Å²) in [6.07, 6.45) is 2.26. The van der Waals surface area contributed by atoms with E-state index >= 15 is 0 Å². The molecule has 0 aliphatic carbocycles. The molecule has 1 atom stereocenters. The number of halogens is 1. The lowest BCUT2D eigenvalue weighted by molar-refractivity contribution is -0.121. The predicted octanol–water partition coefficient (Wildman–Crippen LogP) is 1.24. The average molecular weight is 287 g/mol. The molecule has 0 aromatic carbocycles. The lowest BCUT2D eigenvalue weighted by Gasteiger charge is -2.15. The zero-order chi connectivity index (χ0) is 14.4. The van der Waals surface area contributed by atoms with Crippen molar-refractivity contribution in [3.05, 3.63) is 21.6 Å². The van der Waals surface area contributed by atoms with Gasteiger partial charge in [0.25, 0.3) is 5.56 Å². The number of hydrogen-bond donors (Lipinski definition) is 2. The van der Waals surface area contributed by atoms with Gasteiger partial charge in [-0.1, -0.05) is 18.5 Å². The maximum Gasteiger partial charge on any atom is 0.287 e.